The zero-order valence-electron chi connectivity index (χ0n) is 21.4. The first-order chi connectivity index (χ1) is 20.3. The van der Waals surface area contributed by atoms with E-state index in [0.29, 0.717) is 34.6 Å². The number of halogens is 1. The van der Waals surface area contributed by atoms with Crippen LogP contribution in [-0.2, 0) is 15.3 Å². The average molecular weight is 607 g/mol. The van der Waals surface area contributed by atoms with Gasteiger partial charge in [-0.25, -0.2) is 4.39 Å². The van der Waals surface area contributed by atoms with Crippen LogP contribution in [0.4, 0.5) is 15.2 Å². The third kappa shape index (κ3) is 5.05. The summed E-state index contributed by atoms with van der Waals surface area (Å²) < 4.78 is 25.6. The lowest BCUT2D eigenvalue weighted by atomic mass is 9.95. The standard InChI is InChI=1S/C28H19FN4O7S2/c29-19-7-2-1-4-17(19)14-41-28-31-30-27(42-28)32-23(15-5-3-6-18(12-15)33(37)38)22(25(35)26(32)36)24(34)16-8-9-20-21(13-16)40-11-10-39-20/h1-9,12-13,23,34H,10-11,14H2/b24-22+. The van der Waals surface area contributed by atoms with E-state index in [1.165, 1.54) is 54.2 Å². The number of nitro benzene ring substituents is 1. The van der Waals surface area contributed by atoms with Crippen molar-refractivity contribution in [3.8, 4) is 11.5 Å². The molecule has 2 aliphatic rings. The molecule has 0 spiro atoms. The normalized spacial score (nSPS) is 17.5. The third-order valence-electron chi connectivity index (χ3n) is 6.57. The van der Waals surface area contributed by atoms with E-state index in [2.05, 4.69) is 10.2 Å². The van der Waals surface area contributed by atoms with E-state index in [1.807, 2.05) is 0 Å². The first-order valence-electron chi connectivity index (χ1n) is 12.5. The van der Waals surface area contributed by atoms with Gasteiger partial charge in [0.05, 0.1) is 16.5 Å². The predicted octanol–water partition coefficient (Wildman–Crippen LogP) is 5.28. The van der Waals surface area contributed by atoms with Crippen LogP contribution in [0.15, 0.2) is 76.6 Å². The maximum atomic E-state index is 14.1. The highest BCUT2D eigenvalue weighted by Gasteiger charge is 2.48. The fourth-order valence-electron chi connectivity index (χ4n) is 4.61. The van der Waals surface area contributed by atoms with Crippen LogP contribution in [0.2, 0.25) is 0 Å². The number of hydrogen-bond donors (Lipinski definition) is 1. The lowest BCUT2D eigenvalue weighted by molar-refractivity contribution is -0.384. The van der Waals surface area contributed by atoms with Crippen molar-refractivity contribution in [1.29, 1.82) is 0 Å². The zero-order chi connectivity index (χ0) is 29.4. The summed E-state index contributed by atoms with van der Waals surface area (Å²) in [6, 6.07) is 15.1. The van der Waals surface area contributed by atoms with Gasteiger partial charge in [0.15, 0.2) is 15.8 Å². The Balaban J connectivity index is 1.42. The fourth-order valence-corrected chi connectivity index (χ4v) is 6.47. The monoisotopic (exact) mass is 606 g/mol. The molecular weight excluding hydrogens is 587 g/mol. The number of ether oxygens (including phenoxy) is 2. The topological polar surface area (TPSA) is 145 Å². The van der Waals surface area contributed by atoms with Crippen LogP contribution in [0.3, 0.4) is 0 Å². The Kier molecular flexibility index (Phi) is 7.31. The molecule has 1 unspecified atom stereocenters. The third-order valence-corrected chi connectivity index (χ3v) is 8.67. The number of nitro groups is 1. The molecule has 1 amide bonds. The van der Waals surface area contributed by atoms with Gasteiger partial charge in [-0.3, -0.25) is 24.6 Å². The summed E-state index contributed by atoms with van der Waals surface area (Å²) in [5.74, 6) is -1.80. The summed E-state index contributed by atoms with van der Waals surface area (Å²) in [6.45, 7) is 0.655. The molecule has 0 bridgehead atoms. The second-order valence-electron chi connectivity index (χ2n) is 9.11. The van der Waals surface area contributed by atoms with E-state index in [4.69, 9.17) is 9.47 Å². The second-order valence-corrected chi connectivity index (χ2v) is 11.3. The maximum absolute atomic E-state index is 14.1. The van der Waals surface area contributed by atoms with Crippen molar-refractivity contribution in [2.75, 3.05) is 18.1 Å². The highest BCUT2D eigenvalue weighted by atomic mass is 32.2. The maximum Gasteiger partial charge on any atom is 0.301 e. The number of ketones is 1. The lowest BCUT2D eigenvalue weighted by Gasteiger charge is -2.23. The van der Waals surface area contributed by atoms with Crippen LogP contribution in [-0.4, -0.2) is 45.1 Å². The van der Waals surface area contributed by atoms with Gasteiger partial charge in [-0.2, -0.15) is 0 Å². The molecule has 1 saturated heterocycles. The van der Waals surface area contributed by atoms with E-state index in [0.717, 1.165) is 16.2 Å². The molecule has 0 saturated carbocycles. The molecule has 14 heteroatoms. The van der Waals surface area contributed by atoms with Crippen molar-refractivity contribution >= 4 is 51.4 Å². The van der Waals surface area contributed by atoms with Gasteiger partial charge < -0.3 is 14.6 Å². The number of aromatic nitrogens is 2. The molecule has 11 nitrogen and oxygen atoms in total. The molecule has 2 aliphatic heterocycles. The predicted molar refractivity (Wildman–Crippen MR) is 151 cm³/mol. The summed E-state index contributed by atoms with van der Waals surface area (Å²) in [5.41, 5.74) is 0.295. The van der Waals surface area contributed by atoms with E-state index >= 15 is 0 Å². The highest BCUT2D eigenvalue weighted by Crippen LogP contribution is 2.45. The van der Waals surface area contributed by atoms with Crippen molar-refractivity contribution in [2.45, 2.75) is 16.1 Å². The second kappa shape index (κ2) is 11.2. The molecule has 0 aliphatic carbocycles. The van der Waals surface area contributed by atoms with Crippen molar-refractivity contribution in [3.63, 3.8) is 0 Å². The summed E-state index contributed by atoms with van der Waals surface area (Å²) >= 11 is 2.19. The van der Waals surface area contributed by atoms with E-state index in [9.17, 15) is 29.2 Å². The smallest absolute Gasteiger partial charge is 0.301 e. The number of fused-ring (bicyclic) bond motifs is 1. The van der Waals surface area contributed by atoms with Crippen LogP contribution in [0.5, 0.6) is 11.5 Å². The minimum absolute atomic E-state index is 0.0332. The molecule has 3 aromatic carbocycles. The van der Waals surface area contributed by atoms with E-state index in [1.54, 1.807) is 24.3 Å². The molecule has 212 valence electrons. The van der Waals surface area contributed by atoms with Crippen LogP contribution in [0, 0.1) is 15.9 Å². The largest absolute Gasteiger partial charge is 0.507 e. The Bertz CT molecular complexity index is 1780. The lowest BCUT2D eigenvalue weighted by Crippen LogP contribution is -2.29. The number of carbonyl (C=O) groups is 2. The quantitative estimate of drug-likeness (QED) is 0.0561. The van der Waals surface area contributed by atoms with Crippen molar-refractivity contribution < 1.29 is 33.5 Å². The number of benzene rings is 3. The Labute approximate surface area is 245 Å². The Morgan fingerprint density at radius 2 is 1.86 bits per heavy atom. The summed E-state index contributed by atoms with van der Waals surface area (Å²) in [5, 5.41) is 31.2. The first-order valence-corrected chi connectivity index (χ1v) is 14.3. The van der Waals surface area contributed by atoms with Crippen molar-refractivity contribution in [1.82, 2.24) is 10.2 Å². The molecule has 42 heavy (non-hydrogen) atoms. The number of anilines is 1. The Hall–Kier alpha value is -4.82. The molecule has 3 heterocycles. The molecule has 4 aromatic rings. The summed E-state index contributed by atoms with van der Waals surface area (Å²) in [7, 11) is 0. The van der Waals surface area contributed by atoms with Gasteiger partial charge in [-0.15, -0.1) is 10.2 Å². The molecule has 6 rings (SSSR count). The van der Waals surface area contributed by atoms with Gasteiger partial charge in [0.25, 0.3) is 11.5 Å². The van der Waals surface area contributed by atoms with Crippen LogP contribution in [0.25, 0.3) is 5.76 Å². The van der Waals surface area contributed by atoms with Gasteiger partial charge in [-0.05, 0) is 35.4 Å². The number of thioether (sulfide) groups is 1. The number of amides is 1. The van der Waals surface area contributed by atoms with Gasteiger partial charge in [0, 0.05) is 23.4 Å². The number of aliphatic hydroxyl groups excluding tert-OH is 1. The number of hydrogen-bond acceptors (Lipinski definition) is 11. The van der Waals surface area contributed by atoms with Crippen LogP contribution < -0.4 is 14.4 Å². The summed E-state index contributed by atoms with van der Waals surface area (Å²) in [4.78, 5) is 38.9. The zero-order valence-corrected chi connectivity index (χ0v) is 23.1. The highest BCUT2D eigenvalue weighted by molar-refractivity contribution is 8.00. The molecule has 0 radical (unpaired) electrons. The van der Waals surface area contributed by atoms with Crippen molar-refractivity contribution in [2.24, 2.45) is 0 Å². The SMILES string of the molecule is O=C1C(=O)N(c2nnc(SCc3ccccc3F)s2)C(c2cccc([N+](=O)[O-])c2)/C1=C(\O)c1ccc2c(c1)OCCO2. The van der Waals surface area contributed by atoms with Crippen LogP contribution in [0.1, 0.15) is 22.7 Å². The number of aliphatic hydroxyl groups is 1. The van der Waals surface area contributed by atoms with Gasteiger partial charge >= 0.3 is 5.91 Å². The van der Waals surface area contributed by atoms with Crippen LogP contribution >= 0.6 is 23.1 Å². The average Bonchev–Trinajstić information content (AvgIpc) is 3.58. The summed E-state index contributed by atoms with van der Waals surface area (Å²) in [6.07, 6.45) is 0. The number of Topliss-reactive ketones (excluding diaryl/α,β-unsaturated/α-hetero) is 1. The molecule has 1 atom stereocenters. The molecule has 1 fully saturated rings. The Morgan fingerprint density at radius 1 is 1.07 bits per heavy atom. The molecule has 1 N–H and O–H groups in total. The first kappa shape index (κ1) is 27.4. The van der Waals surface area contributed by atoms with E-state index in [-0.39, 0.29) is 39.1 Å². The Morgan fingerprint density at radius 3 is 2.64 bits per heavy atom. The number of nitrogens with zero attached hydrogens (tertiary/aromatic N) is 4. The minimum atomic E-state index is -1.25. The van der Waals surface area contributed by atoms with E-state index < -0.39 is 28.4 Å². The van der Waals surface area contributed by atoms with Crippen molar-refractivity contribution in [3.05, 3.63) is 105 Å². The number of rotatable bonds is 7. The molecular formula is C28H19FN4O7S2. The van der Waals surface area contributed by atoms with Gasteiger partial charge in [0.1, 0.15) is 24.8 Å². The number of non-ortho nitro benzene ring substituents is 1. The molecule has 1 aromatic heterocycles. The van der Waals surface area contributed by atoms with Gasteiger partial charge in [-0.1, -0.05) is 53.4 Å². The van der Waals surface area contributed by atoms with Gasteiger partial charge in [0.2, 0.25) is 5.13 Å². The fraction of sp³-hybridized carbons (Fsp3) is 0.143. The number of carbonyl (C=O) groups excluding carboxylic acids is 2. The minimum Gasteiger partial charge on any atom is -0.507 e.